The molecule has 34 heavy (non-hydrogen) atoms. The Labute approximate surface area is 205 Å². The predicted octanol–water partition coefficient (Wildman–Crippen LogP) is 6.95. The molecular weight excluding hydrogens is 446 g/mol. The molecule has 4 aromatic rings. The van der Waals surface area contributed by atoms with E-state index in [1.54, 1.807) is 14.2 Å². The fourth-order valence-corrected chi connectivity index (χ4v) is 5.40. The van der Waals surface area contributed by atoms with Crippen LogP contribution in [0.25, 0.3) is 28.0 Å². The van der Waals surface area contributed by atoms with Gasteiger partial charge in [-0.3, -0.25) is 0 Å². The number of hydrogen-bond donors (Lipinski definition) is 0. The van der Waals surface area contributed by atoms with Gasteiger partial charge in [-0.05, 0) is 68.0 Å². The Morgan fingerprint density at radius 1 is 1.03 bits per heavy atom. The first kappa shape index (κ1) is 22.7. The Balaban J connectivity index is 1.77. The molecule has 2 aromatic carbocycles. The van der Waals surface area contributed by atoms with Crippen molar-refractivity contribution in [3.63, 3.8) is 0 Å². The van der Waals surface area contributed by atoms with Gasteiger partial charge in [-0.25, -0.2) is 9.50 Å². The van der Waals surface area contributed by atoms with Gasteiger partial charge < -0.3 is 9.47 Å². The lowest BCUT2D eigenvalue weighted by Gasteiger charge is -2.27. The summed E-state index contributed by atoms with van der Waals surface area (Å²) in [6, 6.07) is 14.0. The van der Waals surface area contributed by atoms with Gasteiger partial charge in [-0.2, -0.15) is 5.10 Å². The molecule has 0 unspecified atom stereocenters. The summed E-state index contributed by atoms with van der Waals surface area (Å²) in [5, 5.41) is 5.69. The standard InChI is InChI=1S/C28H30ClN3O2/c1-5-6-18-7-13-23-22(15-18)27(20-10-14-24(33-3)25(16-20)34-4)30-28-26(17(2)31-32(23)28)19-8-11-21(29)12-9-19/h8-12,14,16,18H,5-7,13,15H2,1-4H3/t18-/m1/s1. The second kappa shape index (κ2) is 9.30. The molecule has 2 aromatic heterocycles. The predicted molar refractivity (Wildman–Crippen MR) is 137 cm³/mol. The van der Waals surface area contributed by atoms with Crippen LogP contribution in [0.1, 0.15) is 43.1 Å². The van der Waals surface area contributed by atoms with Crippen molar-refractivity contribution in [2.45, 2.75) is 46.0 Å². The molecular formula is C28H30ClN3O2. The molecule has 0 amide bonds. The SMILES string of the molecule is CCC[C@@H]1CCc2c(c(-c3ccc(OC)c(OC)c3)nc3c(-c4ccc(Cl)cc4)c(C)nn23)C1. The number of methoxy groups -OCH3 is 2. The normalized spacial score (nSPS) is 15.4. The Morgan fingerprint density at radius 3 is 2.47 bits per heavy atom. The summed E-state index contributed by atoms with van der Waals surface area (Å²) in [5.74, 6) is 2.09. The third-order valence-electron chi connectivity index (χ3n) is 6.91. The van der Waals surface area contributed by atoms with E-state index in [4.69, 9.17) is 31.2 Å². The van der Waals surface area contributed by atoms with Crippen molar-refractivity contribution in [1.29, 1.82) is 0 Å². The van der Waals surface area contributed by atoms with Gasteiger partial charge in [0.1, 0.15) is 0 Å². The fourth-order valence-electron chi connectivity index (χ4n) is 5.28. The van der Waals surface area contributed by atoms with Gasteiger partial charge in [0.2, 0.25) is 0 Å². The van der Waals surface area contributed by atoms with Gasteiger partial charge in [0.25, 0.3) is 0 Å². The van der Waals surface area contributed by atoms with Gasteiger partial charge >= 0.3 is 0 Å². The maximum absolute atomic E-state index is 6.17. The van der Waals surface area contributed by atoms with Crippen LogP contribution in [-0.4, -0.2) is 28.8 Å². The maximum atomic E-state index is 6.17. The minimum atomic E-state index is 0.669. The molecule has 2 heterocycles. The zero-order valence-electron chi connectivity index (χ0n) is 20.2. The van der Waals surface area contributed by atoms with Crippen LogP contribution in [-0.2, 0) is 12.8 Å². The van der Waals surface area contributed by atoms with Crippen molar-refractivity contribution in [1.82, 2.24) is 14.6 Å². The molecule has 5 rings (SSSR count). The molecule has 6 heteroatoms. The molecule has 5 nitrogen and oxygen atoms in total. The minimum absolute atomic E-state index is 0.669. The Hall–Kier alpha value is -3.05. The number of rotatable bonds is 6. The van der Waals surface area contributed by atoms with Crippen molar-refractivity contribution in [3.05, 3.63) is 64.4 Å². The Kier molecular flexibility index (Phi) is 6.22. The van der Waals surface area contributed by atoms with Crippen LogP contribution in [0.2, 0.25) is 5.02 Å². The molecule has 0 saturated heterocycles. The van der Waals surface area contributed by atoms with Gasteiger partial charge in [0.05, 0.1) is 25.6 Å². The molecule has 0 bridgehead atoms. The topological polar surface area (TPSA) is 48.7 Å². The zero-order chi connectivity index (χ0) is 23.8. The van der Waals surface area contributed by atoms with Crippen LogP contribution < -0.4 is 9.47 Å². The molecule has 1 atom stereocenters. The second-order valence-electron chi connectivity index (χ2n) is 9.06. The average Bonchev–Trinajstić information content (AvgIpc) is 3.19. The van der Waals surface area contributed by atoms with Gasteiger partial charge in [0, 0.05) is 27.4 Å². The summed E-state index contributed by atoms with van der Waals surface area (Å²) in [5.41, 5.74) is 8.60. The van der Waals surface area contributed by atoms with E-state index in [0.717, 1.165) is 51.6 Å². The van der Waals surface area contributed by atoms with Crippen LogP contribution in [0, 0.1) is 12.8 Å². The van der Waals surface area contributed by atoms with Gasteiger partial charge in [-0.15, -0.1) is 0 Å². The first-order valence-corrected chi connectivity index (χ1v) is 12.3. The average molecular weight is 476 g/mol. The summed E-state index contributed by atoms with van der Waals surface area (Å²) in [7, 11) is 3.33. The van der Waals surface area contributed by atoms with Crippen LogP contribution in [0.4, 0.5) is 0 Å². The van der Waals surface area contributed by atoms with Crippen LogP contribution in [0.5, 0.6) is 11.5 Å². The van der Waals surface area contributed by atoms with Crippen LogP contribution in [0.3, 0.4) is 0 Å². The third-order valence-corrected chi connectivity index (χ3v) is 7.16. The van der Waals surface area contributed by atoms with Gasteiger partial charge in [-0.1, -0.05) is 43.5 Å². The van der Waals surface area contributed by atoms with Crippen molar-refractivity contribution in [2.75, 3.05) is 14.2 Å². The number of hydrogen-bond acceptors (Lipinski definition) is 4. The van der Waals surface area contributed by atoms with Crippen molar-refractivity contribution >= 4 is 17.2 Å². The summed E-state index contributed by atoms with van der Waals surface area (Å²) < 4.78 is 13.2. The number of ether oxygens (including phenoxy) is 2. The smallest absolute Gasteiger partial charge is 0.164 e. The number of benzene rings is 2. The lowest BCUT2D eigenvalue weighted by molar-refractivity contribution is 0.355. The summed E-state index contributed by atoms with van der Waals surface area (Å²) in [4.78, 5) is 5.27. The highest BCUT2D eigenvalue weighted by atomic mass is 35.5. The number of aromatic nitrogens is 3. The van der Waals surface area contributed by atoms with Crippen molar-refractivity contribution in [2.24, 2.45) is 5.92 Å². The number of aryl methyl sites for hydroxylation is 2. The van der Waals surface area contributed by atoms with E-state index in [2.05, 4.69) is 24.4 Å². The first-order valence-electron chi connectivity index (χ1n) is 11.9. The molecule has 0 spiro atoms. The summed E-state index contributed by atoms with van der Waals surface area (Å²) in [6.07, 6.45) is 5.63. The highest BCUT2D eigenvalue weighted by Crippen LogP contribution is 2.40. The summed E-state index contributed by atoms with van der Waals surface area (Å²) in [6.45, 7) is 4.32. The molecule has 176 valence electrons. The van der Waals surface area contributed by atoms with E-state index in [9.17, 15) is 0 Å². The monoisotopic (exact) mass is 475 g/mol. The van der Waals surface area contributed by atoms with Crippen molar-refractivity contribution in [3.8, 4) is 33.9 Å². The molecule has 1 aliphatic carbocycles. The third kappa shape index (κ3) is 3.92. The van der Waals surface area contributed by atoms with Crippen LogP contribution >= 0.6 is 11.6 Å². The summed E-state index contributed by atoms with van der Waals surface area (Å²) >= 11 is 6.17. The highest BCUT2D eigenvalue weighted by molar-refractivity contribution is 6.30. The van der Waals surface area contributed by atoms with E-state index in [1.807, 2.05) is 36.4 Å². The van der Waals surface area contributed by atoms with E-state index in [1.165, 1.54) is 30.5 Å². The minimum Gasteiger partial charge on any atom is -0.493 e. The van der Waals surface area contributed by atoms with Gasteiger partial charge in [0.15, 0.2) is 17.1 Å². The second-order valence-corrected chi connectivity index (χ2v) is 9.49. The van der Waals surface area contributed by atoms with E-state index in [0.29, 0.717) is 17.4 Å². The lowest BCUT2D eigenvalue weighted by atomic mass is 9.82. The largest absolute Gasteiger partial charge is 0.493 e. The fraction of sp³-hybridized carbons (Fsp3) is 0.357. The molecule has 0 aliphatic heterocycles. The van der Waals surface area contributed by atoms with E-state index in [-0.39, 0.29) is 0 Å². The maximum Gasteiger partial charge on any atom is 0.164 e. The first-order chi connectivity index (χ1) is 16.5. The molecule has 0 fully saturated rings. The van der Waals surface area contributed by atoms with Crippen molar-refractivity contribution < 1.29 is 9.47 Å². The molecule has 0 saturated carbocycles. The van der Waals surface area contributed by atoms with Crippen LogP contribution in [0.15, 0.2) is 42.5 Å². The quantitative estimate of drug-likeness (QED) is 0.303. The highest BCUT2D eigenvalue weighted by Gasteiger charge is 2.28. The molecule has 1 aliphatic rings. The Bertz CT molecular complexity index is 1340. The Morgan fingerprint density at radius 2 is 1.76 bits per heavy atom. The van der Waals surface area contributed by atoms with E-state index >= 15 is 0 Å². The zero-order valence-corrected chi connectivity index (χ0v) is 20.9. The lowest BCUT2D eigenvalue weighted by Crippen LogP contribution is -2.20. The number of nitrogens with zero attached hydrogens (tertiary/aromatic N) is 3. The number of halogens is 1. The molecule has 0 N–H and O–H groups in total. The molecule has 0 radical (unpaired) electrons. The number of fused-ring (bicyclic) bond motifs is 3. The van der Waals surface area contributed by atoms with E-state index < -0.39 is 0 Å².